The maximum atomic E-state index is 13.8. The van der Waals surface area contributed by atoms with Crippen LogP contribution in [0.25, 0.3) is 10.8 Å². The molecule has 174 valence electrons. The van der Waals surface area contributed by atoms with Gasteiger partial charge in [-0.2, -0.15) is 0 Å². The van der Waals surface area contributed by atoms with Gasteiger partial charge in [0, 0.05) is 56.9 Å². The van der Waals surface area contributed by atoms with E-state index in [-0.39, 0.29) is 18.3 Å². The second-order valence-corrected chi connectivity index (χ2v) is 8.41. The van der Waals surface area contributed by atoms with Crippen LogP contribution in [-0.2, 0) is 4.79 Å². The topological polar surface area (TPSA) is 88.9 Å². The van der Waals surface area contributed by atoms with Gasteiger partial charge in [-0.15, -0.1) is 0 Å². The lowest BCUT2D eigenvalue weighted by atomic mass is 10.0. The zero-order valence-electron chi connectivity index (χ0n) is 18.4. The molecule has 33 heavy (non-hydrogen) atoms. The second kappa shape index (κ2) is 10.7. The molecule has 4 rings (SSSR count). The van der Waals surface area contributed by atoms with Gasteiger partial charge in [0.2, 0.25) is 0 Å². The van der Waals surface area contributed by atoms with Crippen molar-refractivity contribution in [1.29, 1.82) is 0 Å². The lowest BCUT2D eigenvalue weighted by Gasteiger charge is -2.36. The number of hydrogen-bond donors (Lipinski definition) is 3. The molecule has 0 unspecified atom stereocenters. The van der Waals surface area contributed by atoms with Crippen LogP contribution in [-0.4, -0.2) is 71.4 Å². The number of rotatable bonds is 9. The molecule has 0 radical (unpaired) electrons. The van der Waals surface area contributed by atoms with Gasteiger partial charge < -0.3 is 20.4 Å². The summed E-state index contributed by atoms with van der Waals surface area (Å²) in [5.74, 6) is -0.375. The fraction of sp³-hybridized carbons (Fsp3) is 0.360. The maximum absolute atomic E-state index is 13.8. The van der Waals surface area contributed by atoms with E-state index in [9.17, 15) is 19.4 Å². The average molecular weight is 453 g/mol. The number of pyridine rings is 1. The van der Waals surface area contributed by atoms with E-state index in [2.05, 4.69) is 20.1 Å². The summed E-state index contributed by atoms with van der Waals surface area (Å²) in [6.07, 6.45) is 1.08. The van der Waals surface area contributed by atoms with Crippen LogP contribution in [0, 0.1) is 5.82 Å². The molecule has 0 spiro atoms. The molecule has 1 fully saturated rings. The fourth-order valence-corrected chi connectivity index (χ4v) is 4.33. The molecule has 0 bridgehead atoms. The van der Waals surface area contributed by atoms with Crippen LogP contribution in [0.3, 0.4) is 0 Å². The van der Waals surface area contributed by atoms with E-state index >= 15 is 0 Å². The third-order valence-electron chi connectivity index (χ3n) is 6.03. The number of carboxylic acids is 1. The molecule has 7 nitrogen and oxygen atoms in total. The van der Waals surface area contributed by atoms with Crippen LogP contribution >= 0.6 is 0 Å². The molecule has 3 N–H and O–H groups in total. The van der Waals surface area contributed by atoms with Crippen molar-refractivity contribution in [3.63, 3.8) is 0 Å². The van der Waals surface area contributed by atoms with Crippen LogP contribution < -0.4 is 10.2 Å². The van der Waals surface area contributed by atoms with Crippen LogP contribution in [0.15, 0.2) is 60.8 Å². The number of β-amino-alcohol motifs (C(OH)–C–C–N with tert-alkyl or cyclic N) is 1. The number of benzene rings is 2. The first kappa shape index (κ1) is 23.1. The first-order chi connectivity index (χ1) is 16.0. The molecule has 3 aromatic rings. The number of aliphatic hydroxyl groups is 1. The first-order valence-corrected chi connectivity index (χ1v) is 11.2. The standard InChI is InChI=1S/C25H29FN4O3/c26-20-7-6-18-8-9-27-25(22(18)14-20)30-12-10-29(11-13-30)17-21(31)16-28-23(15-24(32)33)19-4-2-1-3-5-19/h1-9,14,21,23,28,31H,10-13,15-17H2,(H,32,33)/t21-,23-/m1/s1. The third kappa shape index (κ3) is 6.04. The van der Waals surface area contributed by atoms with Gasteiger partial charge in [0.1, 0.15) is 11.6 Å². The maximum Gasteiger partial charge on any atom is 0.305 e. The van der Waals surface area contributed by atoms with Gasteiger partial charge in [-0.3, -0.25) is 9.69 Å². The summed E-state index contributed by atoms with van der Waals surface area (Å²) in [7, 11) is 0. The zero-order chi connectivity index (χ0) is 23.2. The molecule has 1 aliphatic rings. The molecule has 0 saturated carbocycles. The Morgan fingerprint density at radius 1 is 1.09 bits per heavy atom. The minimum absolute atomic E-state index is 0.0476. The Bertz CT molecular complexity index is 1070. The summed E-state index contributed by atoms with van der Waals surface area (Å²) in [5, 5.41) is 24.8. The van der Waals surface area contributed by atoms with E-state index in [0.29, 0.717) is 13.1 Å². The molecule has 2 heterocycles. The van der Waals surface area contributed by atoms with Gasteiger partial charge in [-0.1, -0.05) is 36.4 Å². The second-order valence-electron chi connectivity index (χ2n) is 8.41. The number of carboxylic acid groups (broad SMARTS) is 1. The zero-order valence-corrected chi connectivity index (χ0v) is 18.4. The molecule has 1 aromatic heterocycles. The molecule has 2 aromatic carbocycles. The summed E-state index contributed by atoms with van der Waals surface area (Å²) in [6.45, 7) is 3.76. The van der Waals surface area contributed by atoms with Crippen molar-refractivity contribution in [3.05, 3.63) is 72.2 Å². The number of nitrogens with zero attached hydrogens (tertiary/aromatic N) is 3. The van der Waals surface area contributed by atoms with Gasteiger partial charge in [-0.05, 0) is 29.1 Å². The van der Waals surface area contributed by atoms with Gasteiger partial charge >= 0.3 is 5.97 Å². The molecular weight excluding hydrogens is 423 g/mol. The minimum Gasteiger partial charge on any atom is -0.481 e. The van der Waals surface area contributed by atoms with E-state index in [1.807, 2.05) is 36.4 Å². The van der Waals surface area contributed by atoms with Gasteiger partial charge in [0.05, 0.1) is 12.5 Å². The number of fused-ring (bicyclic) bond motifs is 1. The van der Waals surface area contributed by atoms with Crippen molar-refractivity contribution in [1.82, 2.24) is 15.2 Å². The Morgan fingerprint density at radius 2 is 1.85 bits per heavy atom. The predicted molar refractivity (Wildman–Crippen MR) is 126 cm³/mol. The van der Waals surface area contributed by atoms with Gasteiger partial charge in [0.15, 0.2) is 0 Å². The highest BCUT2D eigenvalue weighted by atomic mass is 19.1. The van der Waals surface area contributed by atoms with E-state index in [1.54, 1.807) is 12.3 Å². The molecule has 1 aliphatic heterocycles. The van der Waals surface area contributed by atoms with Crippen LogP contribution in [0.5, 0.6) is 0 Å². The van der Waals surface area contributed by atoms with Crippen molar-refractivity contribution in [2.24, 2.45) is 0 Å². The van der Waals surface area contributed by atoms with E-state index in [1.165, 1.54) is 12.1 Å². The van der Waals surface area contributed by atoms with E-state index in [0.717, 1.165) is 48.3 Å². The molecular formula is C25H29FN4O3. The Balaban J connectivity index is 1.30. The molecule has 1 saturated heterocycles. The van der Waals surface area contributed by atoms with Crippen LogP contribution in [0.4, 0.5) is 10.2 Å². The van der Waals surface area contributed by atoms with Crippen molar-refractivity contribution >= 4 is 22.6 Å². The molecule has 0 amide bonds. The summed E-state index contributed by atoms with van der Waals surface area (Å²) >= 11 is 0. The lowest BCUT2D eigenvalue weighted by molar-refractivity contribution is -0.137. The Hall–Kier alpha value is -3.07. The molecule has 0 aliphatic carbocycles. The number of aliphatic carboxylic acids is 1. The predicted octanol–water partition coefficient (Wildman–Crippen LogP) is 2.66. The summed E-state index contributed by atoms with van der Waals surface area (Å²) in [5.41, 5.74) is 0.889. The average Bonchev–Trinajstić information content (AvgIpc) is 2.82. The normalized spacial score (nSPS) is 16.6. The highest BCUT2D eigenvalue weighted by molar-refractivity contribution is 5.92. The minimum atomic E-state index is -0.885. The van der Waals surface area contributed by atoms with Crippen molar-refractivity contribution in [2.45, 2.75) is 18.6 Å². The Kier molecular flexibility index (Phi) is 7.49. The quantitative estimate of drug-likeness (QED) is 0.460. The number of aromatic nitrogens is 1. The highest BCUT2D eigenvalue weighted by Crippen LogP contribution is 2.26. The highest BCUT2D eigenvalue weighted by Gasteiger charge is 2.22. The number of carbonyl (C=O) groups is 1. The first-order valence-electron chi connectivity index (χ1n) is 11.2. The summed E-state index contributed by atoms with van der Waals surface area (Å²) < 4.78 is 13.8. The smallest absolute Gasteiger partial charge is 0.305 e. The van der Waals surface area contributed by atoms with Crippen LogP contribution in [0.1, 0.15) is 18.0 Å². The Labute approximate surface area is 192 Å². The fourth-order valence-electron chi connectivity index (χ4n) is 4.33. The third-order valence-corrected chi connectivity index (χ3v) is 6.03. The van der Waals surface area contributed by atoms with Gasteiger partial charge in [-0.25, -0.2) is 9.37 Å². The van der Waals surface area contributed by atoms with E-state index in [4.69, 9.17) is 0 Å². The monoisotopic (exact) mass is 452 g/mol. The molecule has 2 atom stereocenters. The number of anilines is 1. The number of nitrogens with one attached hydrogen (secondary N) is 1. The number of piperazine rings is 1. The van der Waals surface area contributed by atoms with Gasteiger partial charge in [0.25, 0.3) is 0 Å². The van der Waals surface area contributed by atoms with Crippen molar-refractivity contribution < 1.29 is 19.4 Å². The largest absolute Gasteiger partial charge is 0.481 e. The molecule has 8 heteroatoms. The number of halogens is 1. The van der Waals surface area contributed by atoms with Crippen molar-refractivity contribution in [3.8, 4) is 0 Å². The number of hydrogen-bond acceptors (Lipinski definition) is 6. The summed E-state index contributed by atoms with van der Waals surface area (Å²) in [6, 6.07) is 15.7. The number of aliphatic hydroxyl groups excluding tert-OH is 1. The SMILES string of the molecule is O=C(O)C[C@@H](NC[C@@H](O)CN1CCN(c2nccc3ccc(F)cc23)CC1)c1ccccc1. The lowest BCUT2D eigenvalue weighted by Crippen LogP contribution is -2.50. The Morgan fingerprint density at radius 3 is 2.58 bits per heavy atom. The van der Waals surface area contributed by atoms with Crippen molar-refractivity contribution in [2.75, 3.05) is 44.2 Å². The summed E-state index contributed by atoms with van der Waals surface area (Å²) in [4.78, 5) is 20.1. The van der Waals surface area contributed by atoms with Crippen LogP contribution in [0.2, 0.25) is 0 Å². The van der Waals surface area contributed by atoms with E-state index < -0.39 is 12.1 Å².